The number of pyridine rings is 1. The van der Waals surface area contributed by atoms with Gasteiger partial charge in [-0.3, -0.25) is 4.98 Å². The second-order valence-electron chi connectivity index (χ2n) is 4.35. The molecule has 0 unspecified atom stereocenters. The minimum atomic E-state index is 0.454. The van der Waals surface area contributed by atoms with Crippen molar-refractivity contribution in [2.24, 2.45) is 0 Å². The molecule has 0 aromatic carbocycles. The van der Waals surface area contributed by atoms with E-state index in [4.69, 9.17) is 0 Å². The third kappa shape index (κ3) is 3.14. The van der Waals surface area contributed by atoms with E-state index >= 15 is 0 Å². The van der Waals surface area contributed by atoms with E-state index in [-0.39, 0.29) is 0 Å². The van der Waals surface area contributed by atoms with Crippen LogP contribution >= 0.6 is 0 Å². The van der Waals surface area contributed by atoms with Crippen molar-refractivity contribution in [2.45, 2.75) is 33.0 Å². The summed E-state index contributed by atoms with van der Waals surface area (Å²) >= 11 is 0. The molecule has 2 aromatic rings. The fourth-order valence-electron chi connectivity index (χ4n) is 1.77. The monoisotopic (exact) mass is 230 g/mol. The molecule has 17 heavy (non-hydrogen) atoms. The van der Waals surface area contributed by atoms with Crippen LogP contribution in [-0.4, -0.2) is 14.5 Å². The van der Waals surface area contributed by atoms with E-state index in [2.05, 4.69) is 33.7 Å². The smallest absolute Gasteiger partial charge is 0.0951 e. The molecule has 90 valence electrons. The topological polar surface area (TPSA) is 42.7 Å². The Morgan fingerprint density at radius 3 is 2.65 bits per heavy atom. The van der Waals surface area contributed by atoms with Crippen LogP contribution in [0.15, 0.2) is 37.1 Å². The molecule has 4 nitrogen and oxygen atoms in total. The normalized spacial score (nSPS) is 11.0. The summed E-state index contributed by atoms with van der Waals surface area (Å²) in [5.41, 5.74) is 2.46. The van der Waals surface area contributed by atoms with E-state index in [9.17, 15) is 0 Å². The van der Waals surface area contributed by atoms with E-state index in [1.807, 2.05) is 37.1 Å². The maximum atomic E-state index is 4.18. The van der Waals surface area contributed by atoms with E-state index < -0.39 is 0 Å². The van der Waals surface area contributed by atoms with Crippen LogP contribution in [0.3, 0.4) is 0 Å². The molecule has 0 aliphatic carbocycles. The molecule has 0 radical (unpaired) electrons. The Hall–Kier alpha value is -1.68. The SMILES string of the molecule is CC(C)n1cncc1CNCc1ccncc1. The van der Waals surface area contributed by atoms with Crippen LogP contribution in [-0.2, 0) is 13.1 Å². The lowest BCUT2D eigenvalue weighted by Gasteiger charge is -2.12. The number of hydrogen-bond donors (Lipinski definition) is 1. The predicted molar refractivity (Wildman–Crippen MR) is 67.4 cm³/mol. The van der Waals surface area contributed by atoms with E-state index in [1.54, 1.807) is 0 Å². The summed E-state index contributed by atoms with van der Waals surface area (Å²) in [5, 5.41) is 3.41. The highest BCUT2D eigenvalue weighted by Crippen LogP contribution is 2.08. The maximum Gasteiger partial charge on any atom is 0.0951 e. The molecule has 0 saturated heterocycles. The summed E-state index contributed by atoms with van der Waals surface area (Å²) in [5.74, 6) is 0. The van der Waals surface area contributed by atoms with Gasteiger partial charge in [-0.1, -0.05) is 0 Å². The highest BCUT2D eigenvalue weighted by Gasteiger charge is 2.04. The van der Waals surface area contributed by atoms with Crippen LogP contribution in [0.1, 0.15) is 31.1 Å². The molecule has 1 N–H and O–H groups in total. The van der Waals surface area contributed by atoms with E-state index in [1.165, 1.54) is 11.3 Å². The highest BCUT2D eigenvalue weighted by atomic mass is 15.1. The fraction of sp³-hybridized carbons (Fsp3) is 0.385. The highest BCUT2D eigenvalue weighted by molar-refractivity contribution is 5.09. The lowest BCUT2D eigenvalue weighted by Crippen LogP contribution is -2.16. The van der Waals surface area contributed by atoms with Gasteiger partial charge in [-0.25, -0.2) is 4.98 Å². The Morgan fingerprint density at radius 1 is 1.18 bits per heavy atom. The Bertz CT molecular complexity index is 447. The summed E-state index contributed by atoms with van der Waals surface area (Å²) in [6.45, 7) is 6.01. The van der Waals surface area contributed by atoms with Gasteiger partial charge in [0.05, 0.1) is 12.0 Å². The lowest BCUT2D eigenvalue weighted by atomic mass is 10.2. The van der Waals surface area contributed by atoms with Crippen LogP contribution in [0.5, 0.6) is 0 Å². The first-order chi connectivity index (χ1) is 8.27. The summed E-state index contributed by atoms with van der Waals surface area (Å²) in [6.07, 6.45) is 7.43. The second-order valence-corrected chi connectivity index (χ2v) is 4.35. The fourth-order valence-corrected chi connectivity index (χ4v) is 1.77. The molecule has 0 atom stereocenters. The average molecular weight is 230 g/mol. The first-order valence-electron chi connectivity index (χ1n) is 5.87. The van der Waals surface area contributed by atoms with Crippen molar-refractivity contribution < 1.29 is 0 Å². The van der Waals surface area contributed by atoms with Crippen LogP contribution in [0.2, 0.25) is 0 Å². The van der Waals surface area contributed by atoms with Crippen LogP contribution in [0, 0.1) is 0 Å². The van der Waals surface area contributed by atoms with Gasteiger partial charge in [0.2, 0.25) is 0 Å². The predicted octanol–water partition coefficient (Wildman–Crippen LogP) is 2.15. The van der Waals surface area contributed by atoms with Gasteiger partial charge >= 0.3 is 0 Å². The molecule has 4 heteroatoms. The van der Waals surface area contributed by atoms with Crippen molar-refractivity contribution in [3.63, 3.8) is 0 Å². The van der Waals surface area contributed by atoms with Gasteiger partial charge in [-0.2, -0.15) is 0 Å². The van der Waals surface area contributed by atoms with Crippen molar-refractivity contribution in [1.82, 2.24) is 19.9 Å². The van der Waals surface area contributed by atoms with Crippen molar-refractivity contribution in [3.05, 3.63) is 48.3 Å². The standard InChI is InChI=1S/C13H18N4/c1-11(2)17-10-16-9-13(17)8-15-7-12-3-5-14-6-4-12/h3-6,9-11,15H,7-8H2,1-2H3. The third-order valence-electron chi connectivity index (χ3n) is 2.69. The van der Waals surface area contributed by atoms with Crippen LogP contribution in [0.4, 0.5) is 0 Å². The molecule has 0 spiro atoms. The third-order valence-corrected chi connectivity index (χ3v) is 2.69. The molecule has 0 aliphatic heterocycles. The van der Waals surface area contributed by atoms with Crippen LogP contribution < -0.4 is 5.32 Å². The van der Waals surface area contributed by atoms with Gasteiger partial charge < -0.3 is 9.88 Å². The molecule has 2 heterocycles. The second kappa shape index (κ2) is 5.59. The lowest BCUT2D eigenvalue weighted by molar-refractivity contribution is 0.550. The Labute approximate surface area is 102 Å². The number of aromatic nitrogens is 3. The quantitative estimate of drug-likeness (QED) is 0.855. The molecule has 0 bridgehead atoms. The minimum absolute atomic E-state index is 0.454. The van der Waals surface area contributed by atoms with Gasteiger partial charge in [0.25, 0.3) is 0 Å². The molecular formula is C13H18N4. The van der Waals surface area contributed by atoms with Crippen LogP contribution in [0.25, 0.3) is 0 Å². The minimum Gasteiger partial charge on any atom is -0.331 e. The summed E-state index contributed by atoms with van der Waals surface area (Å²) in [4.78, 5) is 8.18. The number of rotatable bonds is 5. The molecule has 2 aromatic heterocycles. The number of nitrogens with one attached hydrogen (secondary N) is 1. The summed E-state index contributed by atoms with van der Waals surface area (Å²) < 4.78 is 2.18. The Morgan fingerprint density at radius 2 is 1.94 bits per heavy atom. The molecule has 0 aliphatic rings. The van der Waals surface area contributed by atoms with Gasteiger partial charge in [-0.15, -0.1) is 0 Å². The molecule has 0 amide bonds. The zero-order chi connectivity index (χ0) is 12.1. The van der Waals surface area contributed by atoms with E-state index in [0.29, 0.717) is 6.04 Å². The number of imidazole rings is 1. The van der Waals surface area contributed by atoms with Gasteiger partial charge in [0.15, 0.2) is 0 Å². The van der Waals surface area contributed by atoms with Crippen molar-refractivity contribution in [1.29, 1.82) is 0 Å². The molecule has 0 saturated carbocycles. The first-order valence-corrected chi connectivity index (χ1v) is 5.87. The van der Waals surface area contributed by atoms with Crippen molar-refractivity contribution in [3.8, 4) is 0 Å². The largest absolute Gasteiger partial charge is 0.331 e. The summed E-state index contributed by atoms with van der Waals surface area (Å²) in [7, 11) is 0. The van der Waals surface area contributed by atoms with Gasteiger partial charge in [0.1, 0.15) is 0 Å². The maximum absolute atomic E-state index is 4.18. The van der Waals surface area contributed by atoms with Crippen molar-refractivity contribution in [2.75, 3.05) is 0 Å². The Balaban J connectivity index is 1.88. The zero-order valence-corrected chi connectivity index (χ0v) is 10.3. The van der Waals surface area contributed by atoms with Gasteiger partial charge in [0, 0.05) is 37.7 Å². The number of hydrogen-bond acceptors (Lipinski definition) is 3. The van der Waals surface area contributed by atoms with E-state index in [0.717, 1.165) is 13.1 Å². The first kappa shape index (κ1) is 11.8. The summed E-state index contributed by atoms with van der Waals surface area (Å²) in [6, 6.07) is 4.50. The van der Waals surface area contributed by atoms with Gasteiger partial charge in [-0.05, 0) is 31.5 Å². The van der Waals surface area contributed by atoms with Crippen molar-refractivity contribution >= 4 is 0 Å². The molecule has 2 rings (SSSR count). The molecular weight excluding hydrogens is 212 g/mol. The average Bonchev–Trinajstić information content (AvgIpc) is 2.79. The number of nitrogens with zero attached hydrogens (tertiary/aromatic N) is 3. The Kier molecular flexibility index (Phi) is 3.88. The molecule has 0 fully saturated rings. The zero-order valence-electron chi connectivity index (χ0n) is 10.3.